The molecule has 0 bridgehead atoms. The van der Waals surface area contributed by atoms with Gasteiger partial charge in [-0.05, 0) is 42.5 Å². The Balaban J connectivity index is 1.51. The van der Waals surface area contributed by atoms with E-state index in [1.807, 2.05) is 0 Å². The Morgan fingerprint density at radius 1 is 1.39 bits per heavy atom. The van der Waals surface area contributed by atoms with Gasteiger partial charge in [-0.3, -0.25) is 0 Å². The number of nitrogens with one attached hydrogen (secondary N) is 1. The van der Waals surface area contributed by atoms with Crippen LogP contribution in [0.2, 0.25) is 0 Å². The van der Waals surface area contributed by atoms with Crippen molar-refractivity contribution in [2.75, 3.05) is 13.2 Å². The zero-order valence-electron chi connectivity index (χ0n) is 11.6. The van der Waals surface area contributed by atoms with E-state index in [9.17, 15) is 0 Å². The maximum absolute atomic E-state index is 5.94. The average molecular weight is 267 g/mol. The summed E-state index contributed by atoms with van der Waals surface area (Å²) in [5, 5.41) is 5.55. The van der Waals surface area contributed by atoms with Crippen molar-refractivity contribution in [2.45, 2.75) is 52.2 Å². The molecule has 3 heteroatoms. The van der Waals surface area contributed by atoms with Gasteiger partial charge in [0.2, 0.25) is 0 Å². The predicted octanol–water partition coefficient (Wildman–Crippen LogP) is 3.82. The van der Waals surface area contributed by atoms with E-state index in [0.717, 1.165) is 19.7 Å². The number of rotatable bonds is 6. The summed E-state index contributed by atoms with van der Waals surface area (Å²) >= 11 is 1.81. The Morgan fingerprint density at radius 3 is 2.83 bits per heavy atom. The molecule has 0 atom stereocenters. The Kier molecular flexibility index (Phi) is 5.22. The van der Waals surface area contributed by atoms with E-state index < -0.39 is 0 Å². The summed E-state index contributed by atoms with van der Waals surface area (Å²) in [5.41, 5.74) is 0.539. The molecule has 1 saturated carbocycles. The summed E-state index contributed by atoms with van der Waals surface area (Å²) < 4.78 is 5.94. The monoisotopic (exact) mass is 267 g/mol. The fourth-order valence-corrected chi connectivity index (χ4v) is 3.14. The SMILES string of the molecule is CC1(C)CCC(OCCNCc2cccs2)CC1. The fraction of sp³-hybridized carbons (Fsp3) is 0.733. The molecule has 1 heterocycles. The minimum Gasteiger partial charge on any atom is -0.377 e. The van der Waals surface area contributed by atoms with Crippen molar-refractivity contribution in [1.29, 1.82) is 0 Å². The van der Waals surface area contributed by atoms with Gasteiger partial charge < -0.3 is 10.1 Å². The molecule has 1 fully saturated rings. The van der Waals surface area contributed by atoms with Crippen molar-refractivity contribution in [3.05, 3.63) is 22.4 Å². The minimum atomic E-state index is 0.501. The second-order valence-corrected chi connectivity index (χ2v) is 7.02. The van der Waals surface area contributed by atoms with Gasteiger partial charge in [0.05, 0.1) is 12.7 Å². The average Bonchev–Trinajstić information content (AvgIpc) is 2.84. The van der Waals surface area contributed by atoms with Crippen LogP contribution in [0.3, 0.4) is 0 Å². The molecule has 0 radical (unpaired) electrons. The second-order valence-electron chi connectivity index (χ2n) is 5.99. The molecule has 1 aromatic heterocycles. The highest BCUT2D eigenvalue weighted by Gasteiger charge is 2.26. The number of thiophene rings is 1. The van der Waals surface area contributed by atoms with Crippen LogP contribution in [0, 0.1) is 5.41 Å². The molecule has 0 aromatic carbocycles. The van der Waals surface area contributed by atoms with Gasteiger partial charge in [-0.1, -0.05) is 19.9 Å². The van der Waals surface area contributed by atoms with Gasteiger partial charge in [-0.25, -0.2) is 0 Å². The van der Waals surface area contributed by atoms with Gasteiger partial charge in [0.15, 0.2) is 0 Å². The van der Waals surface area contributed by atoms with Gasteiger partial charge in [-0.2, -0.15) is 0 Å². The molecule has 2 rings (SSSR count). The van der Waals surface area contributed by atoms with Crippen molar-refractivity contribution >= 4 is 11.3 Å². The molecule has 0 saturated heterocycles. The molecule has 0 aliphatic heterocycles. The molecular weight excluding hydrogens is 242 g/mol. The molecule has 102 valence electrons. The van der Waals surface area contributed by atoms with Crippen molar-refractivity contribution < 1.29 is 4.74 Å². The highest BCUT2D eigenvalue weighted by atomic mass is 32.1. The Morgan fingerprint density at radius 2 is 2.17 bits per heavy atom. The lowest BCUT2D eigenvalue weighted by Gasteiger charge is -2.34. The van der Waals surface area contributed by atoms with Crippen molar-refractivity contribution in [1.82, 2.24) is 5.32 Å². The zero-order valence-corrected chi connectivity index (χ0v) is 12.4. The Bertz CT molecular complexity index is 324. The zero-order chi connectivity index (χ0) is 12.8. The second kappa shape index (κ2) is 6.69. The van der Waals surface area contributed by atoms with E-state index in [0.29, 0.717) is 11.5 Å². The van der Waals surface area contributed by atoms with Crippen LogP contribution < -0.4 is 5.32 Å². The maximum Gasteiger partial charge on any atom is 0.0594 e. The normalized spacial score (nSPS) is 20.1. The van der Waals surface area contributed by atoms with Crippen LogP contribution in [0.1, 0.15) is 44.4 Å². The first-order valence-corrected chi connectivity index (χ1v) is 7.88. The summed E-state index contributed by atoms with van der Waals surface area (Å²) in [6.07, 6.45) is 5.58. The molecule has 1 aromatic rings. The van der Waals surface area contributed by atoms with Gasteiger partial charge >= 0.3 is 0 Å². The van der Waals surface area contributed by atoms with Gasteiger partial charge in [0.1, 0.15) is 0 Å². The predicted molar refractivity (Wildman–Crippen MR) is 78.0 cm³/mol. The lowest BCUT2D eigenvalue weighted by Crippen LogP contribution is -2.29. The molecule has 0 unspecified atom stereocenters. The van der Waals surface area contributed by atoms with Crippen LogP contribution in [0.15, 0.2) is 17.5 Å². The highest BCUT2D eigenvalue weighted by molar-refractivity contribution is 7.09. The molecule has 0 spiro atoms. The molecule has 2 nitrogen and oxygen atoms in total. The molecule has 1 aliphatic carbocycles. The maximum atomic E-state index is 5.94. The van der Waals surface area contributed by atoms with Gasteiger partial charge in [0, 0.05) is 18.0 Å². The van der Waals surface area contributed by atoms with E-state index in [1.165, 1.54) is 30.6 Å². The first kappa shape index (κ1) is 14.0. The first-order chi connectivity index (χ1) is 8.66. The van der Waals surface area contributed by atoms with Crippen LogP contribution >= 0.6 is 11.3 Å². The molecule has 1 N–H and O–H groups in total. The van der Waals surface area contributed by atoms with E-state index in [4.69, 9.17) is 4.74 Å². The molecular formula is C15H25NOS. The van der Waals surface area contributed by atoms with E-state index in [1.54, 1.807) is 11.3 Å². The van der Waals surface area contributed by atoms with Crippen molar-refractivity contribution in [3.63, 3.8) is 0 Å². The first-order valence-electron chi connectivity index (χ1n) is 7.00. The van der Waals surface area contributed by atoms with Crippen LogP contribution in [-0.2, 0) is 11.3 Å². The third kappa shape index (κ3) is 4.71. The largest absolute Gasteiger partial charge is 0.377 e. The van der Waals surface area contributed by atoms with E-state index in [-0.39, 0.29) is 0 Å². The number of hydrogen-bond donors (Lipinski definition) is 1. The topological polar surface area (TPSA) is 21.3 Å². The standard InChI is InChI=1S/C15H25NOS/c1-15(2)7-5-13(6-8-15)17-10-9-16-12-14-4-3-11-18-14/h3-4,11,13,16H,5-10,12H2,1-2H3. The summed E-state index contributed by atoms with van der Waals surface area (Å²) in [5.74, 6) is 0. The summed E-state index contributed by atoms with van der Waals surface area (Å²) in [4.78, 5) is 1.40. The number of ether oxygens (including phenoxy) is 1. The smallest absolute Gasteiger partial charge is 0.0594 e. The van der Waals surface area contributed by atoms with Crippen LogP contribution in [-0.4, -0.2) is 19.3 Å². The van der Waals surface area contributed by atoms with E-state index in [2.05, 4.69) is 36.7 Å². The summed E-state index contributed by atoms with van der Waals surface area (Å²) in [6.45, 7) is 7.50. The van der Waals surface area contributed by atoms with Crippen LogP contribution in [0.5, 0.6) is 0 Å². The molecule has 0 amide bonds. The van der Waals surface area contributed by atoms with Gasteiger partial charge in [-0.15, -0.1) is 11.3 Å². The minimum absolute atomic E-state index is 0.501. The lowest BCUT2D eigenvalue weighted by atomic mass is 9.76. The fourth-order valence-electron chi connectivity index (χ4n) is 2.46. The number of hydrogen-bond acceptors (Lipinski definition) is 3. The third-order valence-corrected chi connectivity index (χ3v) is 4.67. The Labute approximate surface area is 115 Å². The molecule has 1 aliphatic rings. The third-order valence-electron chi connectivity index (χ3n) is 3.80. The van der Waals surface area contributed by atoms with Crippen molar-refractivity contribution in [3.8, 4) is 0 Å². The molecule has 18 heavy (non-hydrogen) atoms. The van der Waals surface area contributed by atoms with Crippen LogP contribution in [0.25, 0.3) is 0 Å². The van der Waals surface area contributed by atoms with Crippen LogP contribution in [0.4, 0.5) is 0 Å². The summed E-state index contributed by atoms with van der Waals surface area (Å²) in [6, 6.07) is 4.27. The highest BCUT2D eigenvalue weighted by Crippen LogP contribution is 2.35. The van der Waals surface area contributed by atoms with E-state index >= 15 is 0 Å². The Hall–Kier alpha value is -0.380. The van der Waals surface area contributed by atoms with Gasteiger partial charge in [0.25, 0.3) is 0 Å². The van der Waals surface area contributed by atoms with Crippen molar-refractivity contribution in [2.24, 2.45) is 5.41 Å². The quantitative estimate of drug-likeness (QED) is 0.791. The lowest BCUT2D eigenvalue weighted by molar-refractivity contribution is 0.00595. The summed E-state index contributed by atoms with van der Waals surface area (Å²) in [7, 11) is 0.